The predicted octanol–water partition coefficient (Wildman–Crippen LogP) is 2.67. The zero-order chi connectivity index (χ0) is 13.8. The van der Waals surface area contributed by atoms with Crippen LogP contribution in [-0.2, 0) is 0 Å². The molecule has 5 heteroatoms. The van der Waals surface area contributed by atoms with E-state index in [1.165, 1.54) is 21.3 Å². The third-order valence-electron chi connectivity index (χ3n) is 3.49. The zero-order valence-electron chi connectivity index (χ0n) is 11.6. The number of hydrogen-bond donors (Lipinski definition) is 1. The number of halogens is 1. The first-order valence-corrected chi connectivity index (χ1v) is 6.44. The molecular weight excluding hydrogens is 249 g/mol. The van der Waals surface area contributed by atoms with Gasteiger partial charge in [-0.05, 0) is 25.5 Å². The highest BCUT2D eigenvalue weighted by Gasteiger charge is 2.26. The standard InChI is InChI=1S/C14H20FNO3/c1-17-11-8-9(10-6-4-5-7-16-10)13(18-2)12(15)14(11)19-3/h8,10,16H,4-7H2,1-3H3. The van der Waals surface area contributed by atoms with Crippen LogP contribution in [-0.4, -0.2) is 27.9 Å². The van der Waals surface area contributed by atoms with Crippen LogP contribution in [0.4, 0.5) is 4.39 Å². The van der Waals surface area contributed by atoms with E-state index >= 15 is 0 Å². The van der Waals surface area contributed by atoms with Crippen LogP contribution >= 0.6 is 0 Å². The van der Waals surface area contributed by atoms with E-state index in [0.29, 0.717) is 5.75 Å². The van der Waals surface area contributed by atoms with E-state index in [-0.39, 0.29) is 17.5 Å². The number of benzene rings is 1. The number of rotatable bonds is 4. The summed E-state index contributed by atoms with van der Waals surface area (Å²) in [6, 6.07) is 1.89. The molecule has 0 saturated carbocycles. The maximum Gasteiger partial charge on any atom is 0.211 e. The van der Waals surface area contributed by atoms with Gasteiger partial charge in [0.25, 0.3) is 0 Å². The van der Waals surface area contributed by atoms with E-state index in [0.717, 1.165) is 31.4 Å². The molecule has 106 valence electrons. The molecule has 0 aromatic heterocycles. The fourth-order valence-corrected chi connectivity index (χ4v) is 2.54. The van der Waals surface area contributed by atoms with Gasteiger partial charge in [-0.2, -0.15) is 4.39 Å². The van der Waals surface area contributed by atoms with Crippen molar-refractivity contribution in [2.24, 2.45) is 0 Å². The van der Waals surface area contributed by atoms with E-state index in [2.05, 4.69) is 5.32 Å². The Bertz CT molecular complexity index is 445. The van der Waals surface area contributed by atoms with Gasteiger partial charge in [0.05, 0.1) is 21.3 Å². The summed E-state index contributed by atoms with van der Waals surface area (Å²) in [5.74, 6) is 0.200. The lowest BCUT2D eigenvalue weighted by Crippen LogP contribution is -2.27. The maximum atomic E-state index is 14.4. The van der Waals surface area contributed by atoms with Crippen LogP contribution in [0.2, 0.25) is 0 Å². The van der Waals surface area contributed by atoms with Crippen molar-refractivity contribution in [3.05, 3.63) is 17.4 Å². The molecule has 0 amide bonds. The summed E-state index contributed by atoms with van der Waals surface area (Å²) in [5, 5.41) is 3.38. The molecule has 4 nitrogen and oxygen atoms in total. The molecule has 0 bridgehead atoms. The summed E-state index contributed by atoms with van der Waals surface area (Å²) >= 11 is 0. The molecule has 1 aliphatic rings. The van der Waals surface area contributed by atoms with Gasteiger partial charge in [-0.15, -0.1) is 0 Å². The van der Waals surface area contributed by atoms with Crippen molar-refractivity contribution in [2.45, 2.75) is 25.3 Å². The minimum Gasteiger partial charge on any atom is -0.493 e. The van der Waals surface area contributed by atoms with Crippen LogP contribution in [0.25, 0.3) is 0 Å². The van der Waals surface area contributed by atoms with Crippen LogP contribution < -0.4 is 19.5 Å². The second-order valence-electron chi connectivity index (χ2n) is 4.55. The molecule has 1 aliphatic heterocycles. The SMILES string of the molecule is COc1cc(C2CCCCN2)c(OC)c(F)c1OC. The van der Waals surface area contributed by atoms with Crippen molar-refractivity contribution in [3.8, 4) is 17.2 Å². The smallest absolute Gasteiger partial charge is 0.211 e. The number of hydrogen-bond acceptors (Lipinski definition) is 4. The molecule has 1 N–H and O–H groups in total. The number of ether oxygens (including phenoxy) is 3. The molecule has 1 aromatic rings. The second-order valence-corrected chi connectivity index (χ2v) is 4.55. The molecule has 2 rings (SSSR count). The lowest BCUT2D eigenvalue weighted by molar-refractivity contribution is 0.311. The Balaban J connectivity index is 2.49. The molecule has 1 saturated heterocycles. The number of piperidine rings is 1. The van der Waals surface area contributed by atoms with E-state index in [1.54, 1.807) is 6.07 Å². The van der Waals surface area contributed by atoms with Crippen LogP contribution in [0.5, 0.6) is 17.2 Å². The summed E-state index contributed by atoms with van der Waals surface area (Å²) in [5.41, 5.74) is 0.789. The molecule has 1 unspecified atom stereocenters. The Morgan fingerprint density at radius 2 is 1.84 bits per heavy atom. The van der Waals surface area contributed by atoms with Crippen LogP contribution in [0.1, 0.15) is 30.9 Å². The van der Waals surface area contributed by atoms with Crippen molar-refractivity contribution in [1.29, 1.82) is 0 Å². The largest absolute Gasteiger partial charge is 0.493 e. The van der Waals surface area contributed by atoms with Gasteiger partial charge in [0, 0.05) is 11.6 Å². The van der Waals surface area contributed by atoms with Crippen LogP contribution in [0.15, 0.2) is 6.07 Å². The summed E-state index contributed by atoms with van der Waals surface area (Å²) < 4.78 is 29.9. The third-order valence-corrected chi connectivity index (χ3v) is 3.49. The van der Waals surface area contributed by atoms with Crippen LogP contribution in [0.3, 0.4) is 0 Å². The Labute approximate surface area is 112 Å². The van der Waals surface area contributed by atoms with Crippen molar-refractivity contribution in [1.82, 2.24) is 5.32 Å². The van der Waals surface area contributed by atoms with Crippen molar-refractivity contribution < 1.29 is 18.6 Å². The van der Waals surface area contributed by atoms with Gasteiger partial charge < -0.3 is 19.5 Å². The van der Waals surface area contributed by atoms with Gasteiger partial charge in [-0.3, -0.25) is 0 Å². The summed E-state index contributed by atoms with van der Waals surface area (Å²) in [4.78, 5) is 0. The molecular formula is C14H20FNO3. The van der Waals surface area contributed by atoms with E-state index in [9.17, 15) is 4.39 Å². The highest BCUT2D eigenvalue weighted by molar-refractivity contribution is 5.53. The maximum absolute atomic E-state index is 14.4. The fraction of sp³-hybridized carbons (Fsp3) is 0.571. The first-order chi connectivity index (χ1) is 9.22. The van der Waals surface area contributed by atoms with Crippen LogP contribution in [0, 0.1) is 5.82 Å². The molecule has 19 heavy (non-hydrogen) atoms. The van der Waals surface area contributed by atoms with Crippen molar-refractivity contribution in [2.75, 3.05) is 27.9 Å². The number of methoxy groups -OCH3 is 3. The highest BCUT2D eigenvalue weighted by atomic mass is 19.1. The Kier molecular flexibility index (Phi) is 4.47. The average Bonchev–Trinajstić information content (AvgIpc) is 2.47. The van der Waals surface area contributed by atoms with Gasteiger partial charge in [0.2, 0.25) is 11.6 Å². The van der Waals surface area contributed by atoms with Gasteiger partial charge in [-0.1, -0.05) is 6.42 Å². The average molecular weight is 269 g/mol. The highest BCUT2D eigenvalue weighted by Crippen LogP contribution is 2.42. The van der Waals surface area contributed by atoms with E-state index < -0.39 is 5.82 Å². The summed E-state index contributed by atoms with van der Waals surface area (Å²) in [6.45, 7) is 0.934. The first-order valence-electron chi connectivity index (χ1n) is 6.44. The lowest BCUT2D eigenvalue weighted by atomic mass is 9.96. The topological polar surface area (TPSA) is 39.7 Å². The minimum absolute atomic E-state index is 0.0823. The van der Waals surface area contributed by atoms with Crippen molar-refractivity contribution in [3.63, 3.8) is 0 Å². The molecule has 1 heterocycles. The van der Waals surface area contributed by atoms with Crippen molar-refractivity contribution >= 4 is 0 Å². The van der Waals surface area contributed by atoms with E-state index in [4.69, 9.17) is 14.2 Å². The Hall–Kier alpha value is -1.49. The third kappa shape index (κ3) is 2.61. The number of nitrogens with one attached hydrogen (secondary N) is 1. The van der Waals surface area contributed by atoms with E-state index in [1.807, 2.05) is 0 Å². The Morgan fingerprint density at radius 3 is 2.37 bits per heavy atom. The molecule has 0 spiro atoms. The van der Waals surface area contributed by atoms with Gasteiger partial charge >= 0.3 is 0 Å². The monoisotopic (exact) mass is 269 g/mol. The second kappa shape index (κ2) is 6.10. The van der Waals surface area contributed by atoms with Gasteiger partial charge in [0.1, 0.15) is 0 Å². The van der Waals surface area contributed by atoms with Gasteiger partial charge in [0.15, 0.2) is 11.5 Å². The summed E-state index contributed by atoms with van der Waals surface area (Å²) in [6.07, 6.45) is 3.23. The normalized spacial score (nSPS) is 19.1. The molecule has 0 radical (unpaired) electrons. The molecule has 1 atom stereocenters. The molecule has 0 aliphatic carbocycles. The fourth-order valence-electron chi connectivity index (χ4n) is 2.54. The quantitative estimate of drug-likeness (QED) is 0.912. The van der Waals surface area contributed by atoms with Gasteiger partial charge in [-0.25, -0.2) is 0 Å². The lowest BCUT2D eigenvalue weighted by Gasteiger charge is -2.26. The molecule has 1 fully saturated rings. The predicted molar refractivity (Wildman–Crippen MR) is 70.7 cm³/mol. The minimum atomic E-state index is -0.508. The zero-order valence-corrected chi connectivity index (χ0v) is 11.6. The first kappa shape index (κ1) is 13.9. The summed E-state index contributed by atoms with van der Waals surface area (Å²) in [7, 11) is 4.39. The Morgan fingerprint density at radius 1 is 1.11 bits per heavy atom. The molecule has 1 aromatic carbocycles.